The molecule has 1 aliphatic rings. The standard InChI is InChI=1S/C6H11NOS/c1-2-6-3-4-9(7,8)5-6/h2,6-7H,1,3-5H2/t6-,9+/m1/s1. The Balaban J connectivity index is 2.68. The van der Waals surface area contributed by atoms with Gasteiger partial charge in [0.25, 0.3) is 0 Å². The van der Waals surface area contributed by atoms with Crippen LogP contribution in [0.1, 0.15) is 6.42 Å². The van der Waals surface area contributed by atoms with E-state index in [9.17, 15) is 4.21 Å². The molecular formula is C6H11NOS. The Labute approximate surface area is 55.9 Å². The van der Waals surface area contributed by atoms with Gasteiger partial charge >= 0.3 is 0 Å². The molecule has 0 aromatic heterocycles. The van der Waals surface area contributed by atoms with E-state index in [-0.39, 0.29) is 0 Å². The Morgan fingerprint density at radius 3 is 2.67 bits per heavy atom. The fraction of sp³-hybridized carbons (Fsp3) is 0.667. The first kappa shape index (κ1) is 6.81. The van der Waals surface area contributed by atoms with Crippen molar-refractivity contribution >= 4 is 9.73 Å². The summed E-state index contributed by atoms with van der Waals surface area (Å²) in [7, 11) is -2.18. The molecule has 2 nitrogen and oxygen atoms in total. The van der Waals surface area contributed by atoms with Crippen molar-refractivity contribution in [2.45, 2.75) is 6.42 Å². The fourth-order valence-electron chi connectivity index (χ4n) is 1.04. The van der Waals surface area contributed by atoms with Crippen LogP contribution in [0.3, 0.4) is 0 Å². The molecular weight excluding hydrogens is 134 g/mol. The van der Waals surface area contributed by atoms with Crippen molar-refractivity contribution < 1.29 is 4.21 Å². The number of hydrogen-bond acceptors (Lipinski definition) is 2. The van der Waals surface area contributed by atoms with E-state index >= 15 is 0 Å². The molecule has 1 saturated heterocycles. The van der Waals surface area contributed by atoms with Gasteiger partial charge in [0, 0.05) is 21.2 Å². The molecule has 1 rings (SSSR count). The van der Waals surface area contributed by atoms with Gasteiger partial charge in [-0.3, -0.25) is 4.78 Å². The molecule has 3 heteroatoms. The third-order valence-corrected chi connectivity index (χ3v) is 3.50. The van der Waals surface area contributed by atoms with Gasteiger partial charge in [-0.05, 0) is 12.3 Å². The van der Waals surface area contributed by atoms with Crippen molar-refractivity contribution in [3.8, 4) is 0 Å². The second-order valence-corrected chi connectivity index (χ2v) is 4.83. The zero-order valence-electron chi connectivity index (χ0n) is 5.30. The number of hydrogen-bond donors (Lipinski definition) is 1. The van der Waals surface area contributed by atoms with Crippen LogP contribution in [0.15, 0.2) is 12.7 Å². The zero-order chi connectivity index (χ0) is 6.91. The van der Waals surface area contributed by atoms with Gasteiger partial charge in [-0.1, -0.05) is 6.08 Å². The minimum absolute atomic E-state index is 0.343. The SMILES string of the molecule is C=C[C@@H]1CC[S@](=N)(=O)C1. The van der Waals surface area contributed by atoms with E-state index in [1.54, 1.807) is 6.08 Å². The van der Waals surface area contributed by atoms with Crippen LogP contribution in [0.25, 0.3) is 0 Å². The molecule has 0 spiro atoms. The van der Waals surface area contributed by atoms with Gasteiger partial charge in [0.05, 0.1) is 0 Å². The van der Waals surface area contributed by atoms with Crippen molar-refractivity contribution in [3.63, 3.8) is 0 Å². The molecule has 9 heavy (non-hydrogen) atoms. The first-order chi connectivity index (χ1) is 4.14. The third-order valence-electron chi connectivity index (χ3n) is 1.64. The molecule has 0 radical (unpaired) electrons. The Bertz CT molecular complexity index is 205. The summed E-state index contributed by atoms with van der Waals surface area (Å²) in [6.45, 7) is 3.60. The third kappa shape index (κ3) is 1.55. The summed E-state index contributed by atoms with van der Waals surface area (Å²) >= 11 is 0. The van der Waals surface area contributed by atoms with E-state index < -0.39 is 9.73 Å². The maximum Gasteiger partial charge on any atom is 0.0447 e. The maximum atomic E-state index is 11.0. The van der Waals surface area contributed by atoms with E-state index in [0.29, 0.717) is 17.4 Å². The summed E-state index contributed by atoms with van der Waals surface area (Å²) < 4.78 is 18.2. The maximum absolute atomic E-state index is 11.0. The lowest BCUT2D eigenvalue weighted by Crippen LogP contribution is -2.00. The van der Waals surface area contributed by atoms with Crippen molar-refractivity contribution in [2.75, 3.05) is 11.5 Å². The van der Waals surface area contributed by atoms with Crippen LogP contribution in [-0.2, 0) is 9.73 Å². The summed E-state index contributed by atoms with van der Waals surface area (Å²) in [4.78, 5) is 0. The quantitative estimate of drug-likeness (QED) is 0.554. The van der Waals surface area contributed by atoms with Gasteiger partial charge in [-0.15, -0.1) is 6.58 Å². The largest absolute Gasteiger partial charge is 0.253 e. The highest BCUT2D eigenvalue weighted by atomic mass is 32.2. The van der Waals surface area contributed by atoms with Crippen LogP contribution in [-0.4, -0.2) is 15.7 Å². The number of allylic oxidation sites excluding steroid dienone is 1. The second kappa shape index (κ2) is 2.14. The first-order valence-electron chi connectivity index (χ1n) is 3.01. The van der Waals surface area contributed by atoms with E-state index in [1.807, 2.05) is 0 Å². The van der Waals surface area contributed by atoms with Crippen LogP contribution in [0, 0.1) is 10.7 Å². The van der Waals surface area contributed by atoms with E-state index in [2.05, 4.69) is 6.58 Å². The van der Waals surface area contributed by atoms with E-state index in [4.69, 9.17) is 4.78 Å². The van der Waals surface area contributed by atoms with Gasteiger partial charge in [0.2, 0.25) is 0 Å². The van der Waals surface area contributed by atoms with Gasteiger partial charge in [-0.25, -0.2) is 4.21 Å². The molecule has 1 heterocycles. The summed E-state index contributed by atoms with van der Waals surface area (Å²) in [5.41, 5.74) is 0. The molecule has 0 saturated carbocycles. The normalized spacial score (nSPS) is 42.9. The molecule has 1 fully saturated rings. The molecule has 0 amide bonds. The summed E-state index contributed by atoms with van der Waals surface area (Å²) in [6.07, 6.45) is 2.70. The van der Waals surface area contributed by atoms with Crippen LogP contribution < -0.4 is 0 Å². The zero-order valence-corrected chi connectivity index (χ0v) is 6.12. The molecule has 2 atom stereocenters. The summed E-state index contributed by atoms with van der Waals surface area (Å²) in [5.74, 6) is 1.45. The van der Waals surface area contributed by atoms with Gasteiger partial charge in [0.1, 0.15) is 0 Å². The molecule has 0 aliphatic carbocycles. The number of nitrogens with one attached hydrogen (secondary N) is 1. The summed E-state index contributed by atoms with van der Waals surface area (Å²) in [5, 5.41) is 0. The molecule has 1 N–H and O–H groups in total. The monoisotopic (exact) mass is 145 g/mol. The first-order valence-corrected chi connectivity index (χ1v) is 4.90. The minimum Gasteiger partial charge on any atom is -0.253 e. The van der Waals surface area contributed by atoms with Crippen molar-refractivity contribution in [2.24, 2.45) is 5.92 Å². The lowest BCUT2D eigenvalue weighted by atomic mass is 10.1. The fourth-order valence-corrected chi connectivity index (χ4v) is 2.88. The Morgan fingerprint density at radius 2 is 2.44 bits per heavy atom. The molecule has 1 aliphatic heterocycles. The average Bonchev–Trinajstić information content (AvgIpc) is 2.10. The Kier molecular flexibility index (Phi) is 1.62. The Morgan fingerprint density at radius 1 is 1.78 bits per heavy atom. The van der Waals surface area contributed by atoms with Crippen LogP contribution >= 0.6 is 0 Å². The average molecular weight is 145 g/mol. The molecule has 0 aromatic carbocycles. The van der Waals surface area contributed by atoms with Gasteiger partial charge in [0.15, 0.2) is 0 Å². The molecule has 52 valence electrons. The van der Waals surface area contributed by atoms with E-state index in [0.717, 1.165) is 6.42 Å². The molecule has 0 aromatic rings. The highest BCUT2D eigenvalue weighted by Gasteiger charge is 2.21. The molecule has 0 bridgehead atoms. The molecule has 0 unspecified atom stereocenters. The predicted molar refractivity (Wildman–Crippen MR) is 38.9 cm³/mol. The predicted octanol–water partition coefficient (Wildman–Crippen LogP) is 1.24. The van der Waals surface area contributed by atoms with Crippen molar-refractivity contribution in [1.29, 1.82) is 4.78 Å². The van der Waals surface area contributed by atoms with Crippen LogP contribution in [0.2, 0.25) is 0 Å². The second-order valence-electron chi connectivity index (χ2n) is 2.47. The van der Waals surface area contributed by atoms with Gasteiger partial charge in [-0.2, -0.15) is 0 Å². The van der Waals surface area contributed by atoms with Crippen LogP contribution in [0.4, 0.5) is 0 Å². The number of rotatable bonds is 1. The highest BCUT2D eigenvalue weighted by Crippen LogP contribution is 2.18. The minimum atomic E-state index is -2.18. The topological polar surface area (TPSA) is 40.9 Å². The summed E-state index contributed by atoms with van der Waals surface area (Å²) in [6, 6.07) is 0. The Hall–Kier alpha value is -0.310. The van der Waals surface area contributed by atoms with Crippen LogP contribution in [0.5, 0.6) is 0 Å². The highest BCUT2D eigenvalue weighted by molar-refractivity contribution is 7.92. The van der Waals surface area contributed by atoms with Crippen molar-refractivity contribution in [3.05, 3.63) is 12.7 Å². The smallest absolute Gasteiger partial charge is 0.0447 e. The van der Waals surface area contributed by atoms with E-state index in [1.165, 1.54) is 0 Å². The van der Waals surface area contributed by atoms with Crippen molar-refractivity contribution in [1.82, 2.24) is 0 Å². The van der Waals surface area contributed by atoms with Gasteiger partial charge < -0.3 is 0 Å². The lowest BCUT2D eigenvalue weighted by molar-refractivity contribution is 0.678. The lowest BCUT2D eigenvalue weighted by Gasteiger charge is -1.95.